The normalized spacial score (nSPS) is 13.2. The fourth-order valence-corrected chi connectivity index (χ4v) is 2.19. The van der Waals surface area contributed by atoms with Gasteiger partial charge in [-0.2, -0.15) is 5.06 Å². The van der Waals surface area contributed by atoms with Crippen molar-refractivity contribution in [3.63, 3.8) is 0 Å². The van der Waals surface area contributed by atoms with Crippen molar-refractivity contribution in [3.8, 4) is 11.1 Å². The molecular formula is C17H17NO5. The molecule has 1 amide bonds. The molecule has 1 unspecified atom stereocenters. The molecule has 2 aromatic rings. The fourth-order valence-electron chi connectivity index (χ4n) is 2.19. The van der Waals surface area contributed by atoms with Crippen LogP contribution >= 0.6 is 0 Å². The Balaban J connectivity index is 2.50. The minimum absolute atomic E-state index is 0.224. The third-order valence-corrected chi connectivity index (χ3v) is 3.41. The largest absolute Gasteiger partial charge is 0.478 e. The number of carboxylic acid groups (broad SMARTS) is 1. The number of carbonyl (C=O) groups is 2. The zero-order chi connectivity index (χ0) is 17.0. The second-order valence-electron chi connectivity index (χ2n) is 5.02. The van der Waals surface area contributed by atoms with Crippen molar-refractivity contribution in [1.29, 1.82) is 0 Å². The number of carbonyl (C=O) groups excluding carboxylic acids is 1. The molecule has 120 valence electrons. The Morgan fingerprint density at radius 1 is 1.04 bits per heavy atom. The van der Waals surface area contributed by atoms with Crippen molar-refractivity contribution in [3.05, 3.63) is 60.2 Å². The second kappa shape index (κ2) is 6.60. The molecule has 6 nitrogen and oxygen atoms in total. The van der Waals surface area contributed by atoms with E-state index in [1.165, 1.54) is 0 Å². The molecule has 2 rings (SSSR count). The third-order valence-electron chi connectivity index (χ3n) is 3.41. The molecule has 0 heterocycles. The molecule has 0 aliphatic rings. The maximum absolute atomic E-state index is 12.7. The predicted octanol–water partition coefficient (Wildman–Crippen LogP) is 2.15. The van der Waals surface area contributed by atoms with Gasteiger partial charge in [0.2, 0.25) is 0 Å². The van der Waals surface area contributed by atoms with Crippen LogP contribution in [0, 0.1) is 0 Å². The van der Waals surface area contributed by atoms with Crippen LogP contribution in [0.2, 0.25) is 0 Å². The number of aliphatic hydroxyl groups is 1. The van der Waals surface area contributed by atoms with Crippen molar-refractivity contribution < 1.29 is 24.6 Å². The number of hydroxylamine groups is 2. The standard InChI is InChI=1S/C17H17NO5/c1-17(22,16(20)21)18(23-2)15(19)14-11-7-6-10-13(14)12-8-4-3-5-9-12/h3-11,22H,1-2H3,(H,20,21). The molecule has 6 heteroatoms. The van der Waals surface area contributed by atoms with Gasteiger partial charge < -0.3 is 10.2 Å². The highest BCUT2D eigenvalue weighted by atomic mass is 16.7. The zero-order valence-electron chi connectivity index (χ0n) is 12.8. The van der Waals surface area contributed by atoms with Gasteiger partial charge in [0.05, 0.1) is 7.11 Å². The number of hydrogen-bond donors (Lipinski definition) is 2. The van der Waals surface area contributed by atoms with Gasteiger partial charge in [-0.05, 0) is 24.1 Å². The van der Waals surface area contributed by atoms with E-state index in [2.05, 4.69) is 0 Å². The number of nitrogens with zero attached hydrogens (tertiary/aromatic N) is 1. The number of hydrogen-bond acceptors (Lipinski definition) is 4. The predicted molar refractivity (Wildman–Crippen MR) is 83.3 cm³/mol. The van der Waals surface area contributed by atoms with E-state index in [0.717, 1.165) is 19.6 Å². The van der Waals surface area contributed by atoms with Gasteiger partial charge in [0.25, 0.3) is 11.6 Å². The fraction of sp³-hybridized carbons (Fsp3) is 0.176. The van der Waals surface area contributed by atoms with Crippen molar-refractivity contribution in [2.24, 2.45) is 0 Å². The molecule has 23 heavy (non-hydrogen) atoms. The summed E-state index contributed by atoms with van der Waals surface area (Å²) in [6, 6.07) is 15.9. The monoisotopic (exact) mass is 315 g/mol. The number of benzene rings is 2. The van der Waals surface area contributed by atoms with Crippen molar-refractivity contribution >= 4 is 11.9 Å². The second-order valence-corrected chi connectivity index (χ2v) is 5.02. The molecule has 0 aliphatic carbocycles. The molecular weight excluding hydrogens is 298 g/mol. The quantitative estimate of drug-likeness (QED) is 0.652. The van der Waals surface area contributed by atoms with Gasteiger partial charge in [-0.25, -0.2) is 4.79 Å². The van der Waals surface area contributed by atoms with E-state index < -0.39 is 17.6 Å². The molecule has 2 N–H and O–H groups in total. The Labute approximate surface area is 133 Å². The molecule has 0 radical (unpaired) electrons. The number of rotatable bonds is 5. The van der Waals surface area contributed by atoms with Crippen LogP contribution in [0.4, 0.5) is 0 Å². The summed E-state index contributed by atoms with van der Waals surface area (Å²) in [5.74, 6) is -2.34. The highest BCUT2D eigenvalue weighted by molar-refractivity contribution is 6.02. The van der Waals surface area contributed by atoms with E-state index in [1.54, 1.807) is 24.3 Å². The van der Waals surface area contributed by atoms with Gasteiger partial charge >= 0.3 is 5.97 Å². The number of carboxylic acids is 1. The van der Waals surface area contributed by atoms with Crippen LogP contribution in [0.3, 0.4) is 0 Å². The van der Waals surface area contributed by atoms with Crippen LogP contribution in [-0.4, -0.2) is 40.0 Å². The van der Waals surface area contributed by atoms with E-state index in [1.807, 2.05) is 30.3 Å². The Morgan fingerprint density at radius 3 is 2.17 bits per heavy atom. The molecule has 0 spiro atoms. The summed E-state index contributed by atoms with van der Waals surface area (Å²) in [7, 11) is 1.13. The van der Waals surface area contributed by atoms with E-state index in [9.17, 15) is 14.7 Å². The van der Waals surface area contributed by atoms with Crippen molar-refractivity contribution in [1.82, 2.24) is 5.06 Å². The minimum atomic E-state index is -2.49. The lowest BCUT2D eigenvalue weighted by molar-refractivity contribution is -0.241. The lowest BCUT2D eigenvalue weighted by atomic mass is 9.99. The maximum atomic E-state index is 12.7. The van der Waals surface area contributed by atoms with Gasteiger partial charge in [-0.1, -0.05) is 48.5 Å². The first-order valence-electron chi connectivity index (χ1n) is 6.88. The summed E-state index contributed by atoms with van der Waals surface area (Å²) < 4.78 is 0. The summed E-state index contributed by atoms with van der Waals surface area (Å²) in [6.45, 7) is 0.974. The van der Waals surface area contributed by atoms with Crippen LogP contribution in [0.1, 0.15) is 17.3 Å². The SMILES string of the molecule is CON(C(=O)c1ccccc1-c1ccccc1)C(C)(O)C(=O)O. The smallest absolute Gasteiger partial charge is 0.359 e. The third kappa shape index (κ3) is 3.23. The molecule has 0 bridgehead atoms. The topological polar surface area (TPSA) is 87.1 Å². The minimum Gasteiger partial charge on any atom is -0.478 e. The summed E-state index contributed by atoms with van der Waals surface area (Å²) >= 11 is 0. The molecule has 0 saturated heterocycles. The van der Waals surface area contributed by atoms with Crippen molar-refractivity contribution in [2.75, 3.05) is 7.11 Å². The summed E-state index contributed by atoms with van der Waals surface area (Å²) in [5.41, 5.74) is -0.860. The number of amides is 1. The van der Waals surface area contributed by atoms with Crippen molar-refractivity contribution in [2.45, 2.75) is 12.6 Å². The maximum Gasteiger partial charge on any atom is 0.359 e. The lowest BCUT2D eigenvalue weighted by Gasteiger charge is -2.31. The molecule has 0 aromatic heterocycles. The van der Waals surface area contributed by atoms with Gasteiger partial charge in [-0.3, -0.25) is 9.63 Å². The van der Waals surface area contributed by atoms with Gasteiger partial charge in [-0.15, -0.1) is 0 Å². The average Bonchev–Trinajstić information content (AvgIpc) is 2.56. The Bertz CT molecular complexity index is 712. The van der Waals surface area contributed by atoms with Crippen LogP contribution < -0.4 is 0 Å². The molecule has 0 fully saturated rings. The van der Waals surface area contributed by atoms with Gasteiger partial charge in [0.15, 0.2) is 0 Å². The van der Waals surface area contributed by atoms with E-state index >= 15 is 0 Å². The highest BCUT2D eigenvalue weighted by Crippen LogP contribution is 2.26. The summed E-state index contributed by atoms with van der Waals surface area (Å²) in [4.78, 5) is 28.7. The first kappa shape index (κ1) is 16.7. The zero-order valence-corrected chi connectivity index (χ0v) is 12.8. The van der Waals surface area contributed by atoms with Gasteiger partial charge in [0.1, 0.15) is 0 Å². The molecule has 1 atom stereocenters. The molecule has 2 aromatic carbocycles. The Morgan fingerprint density at radius 2 is 1.61 bits per heavy atom. The highest BCUT2D eigenvalue weighted by Gasteiger charge is 2.42. The van der Waals surface area contributed by atoms with Crippen LogP contribution in [0.5, 0.6) is 0 Å². The van der Waals surface area contributed by atoms with Crippen LogP contribution in [-0.2, 0) is 9.63 Å². The first-order valence-corrected chi connectivity index (χ1v) is 6.88. The summed E-state index contributed by atoms with van der Waals surface area (Å²) in [5, 5.41) is 19.6. The van der Waals surface area contributed by atoms with E-state index in [-0.39, 0.29) is 5.56 Å². The summed E-state index contributed by atoms with van der Waals surface area (Å²) in [6.07, 6.45) is 0. The van der Waals surface area contributed by atoms with E-state index in [4.69, 9.17) is 9.94 Å². The van der Waals surface area contributed by atoms with E-state index in [0.29, 0.717) is 10.6 Å². The van der Waals surface area contributed by atoms with Crippen LogP contribution in [0.15, 0.2) is 54.6 Å². The lowest BCUT2D eigenvalue weighted by Crippen LogP contribution is -2.54. The molecule has 0 saturated carbocycles. The molecule has 0 aliphatic heterocycles. The first-order chi connectivity index (χ1) is 10.9. The number of aliphatic carboxylic acids is 1. The average molecular weight is 315 g/mol. The van der Waals surface area contributed by atoms with Gasteiger partial charge in [0, 0.05) is 5.56 Å². The van der Waals surface area contributed by atoms with Crippen LogP contribution in [0.25, 0.3) is 11.1 Å². The Kier molecular flexibility index (Phi) is 4.78. The Hall–Kier alpha value is -2.70.